The maximum atomic E-state index is 10.2. The molecular formula is C16H24O2. The van der Waals surface area contributed by atoms with E-state index in [0.717, 1.165) is 25.7 Å². The van der Waals surface area contributed by atoms with Crippen molar-refractivity contribution in [2.75, 3.05) is 0 Å². The molecule has 0 aromatic rings. The van der Waals surface area contributed by atoms with Crippen LogP contribution in [0.1, 0.15) is 45.4 Å². The van der Waals surface area contributed by atoms with Gasteiger partial charge < -0.3 is 5.11 Å². The van der Waals surface area contributed by atoms with Gasteiger partial charge in [-0.3, -0.25) is 4.79 Å². The van der Waals surface area contributed by atoms with Crippen LogP contribution in [0.25, 0.3) is 0 Å². The molecule has 0 aromatic heterocycles. The van der Waals surface area contributed by atoms with E-state index in [9.17, 15) is 4.79 Å². The third-order valence-corrected chi connectivity index (χ3v) is 2.24. The zero-order valence-corrected chi connectivity index (χ0v) is 11.2. The highest BCUT2D eigenvalue weighted by molar-refractivity contribution is 5.66. The number of rotatable bonds is 10. The predicted octanol–water partition coefficient (Wildman–Crippen LogP) is 4.66. The van der Waals surface area contributed by atoms with Crippen molar-refractivity contribution in [1.29, 1.82) is 0 Å². The number of aliphatic carboxylic acids is 1. The van der Waals surface area contributed by atoms with E-state index in [1.807, 2.05) is 12.2 Å². The summed E-state index contributed by atoms with van der Waals surface area (Å²) in [5, 5.41) is 8.43. The number of hydrogen-bond donors (Lipinski definition) is 1. The average molecular weight is 248 g/mol. The highest BCUT2D eigenvalue weighted by Crippen LogP contribution is 1.96. The summed E-state index contributed by atoms with van der Waals surface area (Å²) in [6, 6.07) is 0. The van der Waals surface area contributed by atoms with Gasteiger partial charge in [0.1, 0.15) is 0 Å². The topological polar surface area (TPSA) is 37.3 Å². The first-order valence-corrected chi connectivity index (χ1v) is 6.59. The Kier molecular flexibility index (Phi) is 12.3. The van der Waals surface area contributed by atoms with Crippen LogP contribution in [0.15, 0.2) is 48.6 Å². The lowest BCUT2D eigenvalue weighted by atomic mass is 10.2. The van der Waals surface area contributed by atoms with Gasteiger partial charge in [-0.2, -0.15) is 0 Å². The molecule has 0 aromatic carbocycles. The maximum absolute atomic E-state index is 10.2. The highest BCUT2D eigenvalue weighted by atomic mass is 16.4. The van der Waals surface area contributed by atoms with Crippen LogP contribution in [0.3, 0.4) is 0 Å². The molecule has 0 bridgehead atoms. The van der Waals surface area contributed by atoms with Gasteiger partial charge in [-0.25, -0.2) is 0 Å². The molecule has 1 N–H and O–H groups in total. The van der Waals surface area contributed by atoms with Gasteiger partial charge in [0.25, 0.3) is 0 Å². The fourth-order valence-corrected chi connectivity index (χ4v) is 1.30. The summed E-state index contributed by atoms with van der Waals surface area (Å²) < 4.78 is 0. The molecule has 0 saturated carbocycles. The second-order valence-corrected chi connectivity index (χ2v) is 3.93. The summed E-state index contributed by atoms with van der Waals surface area (Å²) in [7, 11) is 0. The molecule has 0 amide bonds. The van der Waals surface area contributed by atoms with E-state index in [1.54, 1.807) is 0 Å². The Morgan fingerprint density at radius 3 is 1.72 bits per heavy atom. The van der Waals surface area contributed by atoms with Crippen molar-refractivity contribution in [2.45, 2.75) is 45.4 Å². The molecule has 0 heterocycles. The smallest absolute Gasteiger partial charge is 0.303 e. The molecule has 100 valence electrons. The number of allylic oxidation sites excluding steroid dienone is 8. The first-order chi connectivity index (χ1) is 8.77. The minimum atomic E-state index is -0.738. The molecule has 0 spiro atoms. The molecule has 0 aliphatic rings. The molecule has 0 rings (SSSR count). The van der Waals surface area contributed by atoms with Gasteiger partial charge in [-0.15, -0.1) is 0 Å². The van der Waals surface area contributed by atoms with Gasteiger partial charge in [-0.05, 0) is 32.1 Å². The van der Waals surface area contributed by atoms with E-state index in [4.69, 9.17) is 5.11 Å². The van der Waals surface area contributed by atoms with E-state index in [2.05, 4.69) is 43.4 Å². The monoisotopic (exact) mass is 248 g/mol. The molecule has 0 fully saturated rings. The van der Waals surface area contributed by atoms with Crippen LogP contribution in [-0.2, 0) is 4.79 Å². The summed E-state index contributed by atoms with van der Waals surface area (Å²) >= 11 is 0. The standard InChI is InChI=1S/C16H24O2/c1-2-3-4-5-6-7-8-9-10-11-12-13-14-15-16(17)18/h3-4,6-7,9-10,12-13H,2,5,8,11,14-15H2,1H3,(H,17,18)/b4-3?,7-6?,10-9?,13-12-. The molecule has 0 aliphatic heterocycles. The van der Waals surface area contributed by atoms with Crippen LogP contribution in [0.4, 0.5) is 0 Å². The summed E-state index contributed by atoms with van der Waals surface area (Å²) in [5.74, 6) is -0.738. The van der Waals surface area contributed by atoms with Gasteiger partial charge >= 0.3 is 5.97 Å². The normalized spacial score (nSPS) is 12.5. The first-order valence-electron chi connectivity index (χ1n) is 6.59. The third kappa shape index (κ3) is 14.4. The number of carboxylic acid groups (broad SMARTS) is 1. The summed E-state index contributed by atoms with van der Waals surface area (Å²) in [5.41, 5.74) is 0. The van der Waals surface area contributed by atoms with Crippen LogP contribution in [-0.4, -0.2) is 11.1 Å². The molecule has 0 aliphatic carbocycles. The zero-order valence-electron chi connectivity index (χ0n) is 11.2. The minimum absolute atomic E-state index is 0.216. The van der Waals surface area contributed by atoms with Gasteiger partial charge in [0.15, 0.2) is 0 Å². The van der Waals surface area contributed by atoms with Crippen molar-refractivity contribution in [3.05, 3.63) is 48.6 Å². The van der Waals surface area contributed by atoms with Gasteiger partial charge in [0.05, 0.1) is 0 Å². The number of hydrogen-bond acceptors (Lipinski definition) is 1. The van der Waals surface area contributed by atoms with Crippen molar-refractivity contribution in [1.82, 2.24) is 0 Å². The van der Waals surface area contributed by atoms with Gasteiger partial charge in [0.2, 0.25) is 0 Å². The van der Waals surface area contributed by atoms with Crippen molar-refractivity contribution in [3.63, 3.8) is 0 Å². The van der Waals surface area contributed by atoms with Crippen LogP contribution < -0.4 is 0 Å². The predicted molar refractivity (Wildman–Crippen MR) is 77.6 cm³/mol. The molecule has 2 heteroatoms. The Balaban J connectivity index is 3.42. The van der Waals surface area contributed by atoms with E-state index in [1.165, 1.54) is 0 Å². The van der Waals surface area contributed by atoms with Crippen LogP contribution >= 0.6 is 0 Å². The SMILES string of the molecule is CCC=CCC=CCC=CC/C=C\CCC(=O)O. The summed E-state index contributed by atoms with van der Waals surface area (Å²) in [6.45, 7) is 2.13. The molecule has 0 unspecified atom stereocenters. The molecular weight excluding hydrogens is 224 g/mol. The van der Waals surface area contributed by atoms with Gasteiger partial charge in [0, 0.05) is 6.42 Å². The lowest BCUT2D eigenvalue weighted by molar-refractivity contribution is -0.136. The van der Waals surface area contributed by atoms with Crippen molar-refractivity contribution < 1.29 is 9.90 Å². The third-order valence-electron chi connectivity index (χ3n) is 2.24. The molecule has 0 atom stereocenters. The van der Waals surface area contributed by atoms with E-state index in [-0.39, 0.29) is 6.42 Å². The van der Waals surface area contributed by atoms with E-state index >= 15 is 0 Å². The fraction of sp³-hybridized carbons (Fsp3) is 0.438. The van der Waals surface area contributed by atoms with Crippen molar-refractivity contribution in [2.24, 2.45) is 0 Å². The summed E-state index contributed by atoms with van der Waals surface area (Å²) in [4.78, 5) is 10.2. The first kappa shape index (κ1) is 16.4. The second-order valence-electron chi connectivity index (χ2n) is 3.93. The Labute approximate surface area is 110 Å². The van der Waals surface area contributed by atoms with Crippen LogP contribution in [0, 0.1) is 0 Å². The lowest BCUT2D eigenvalue weighted by Gasteiger charge is -1.87. The molecule has 0 saturated heterocycles. The fourth-order valence-electron chi connectivity index (χ4n) is 1.30. The van der Waals surface area contributed by atoms with Crippen LogP contribution in [0.2, 0.25) is 0 Å². The van der Waals surface area contributed by atoms with E-state index < -0.39 is 5.97 Å². The highest BCUT2D eigenvalue weighted by Gasteiger charge is 1.90. The zero-order chi connectivity index (χ0) is 13.5. The number of carbonyl (C=O) groups is 1. The van der Waals surface area contributed by atoms with E-state index in [0.29, 0.717) is 6.42 Å². The molecule has 0 radical (unpaired) electrons. The Morgan fingerprint density at radius 1 is 0.833 bits per heavy atom. The molecule has 2 nitrogen and oxygen atoms in total. The summed E-state index contributed by atoms with van der Waals surface area (Å²) in [6.07, 6.45) is 21.6. The van der Waals surface area contributed by atoms with Crippen molar-refractivity contribution >= 4 is 5.97 Å². The Morgan fingerprint density at radius 2 is 1.28 bits per heavy atom. The maximum Gasteiger partial charge on any atom is 0.303 e. The van der Waals surface area contributed by atoms with Crippen LogP contribution in [0.5, 0.6) is 0 Å². The average Bonchev–Trinajstić information content (AvgIpc) is 2.34. The second kappa shape index (κ2) is 13.5. The largest absolute Gasteiger partial charge is 0.481 e. The molecule has 18 heavy (non-hydrogen) atoms. The van der Waals surface area contributed by atoms with Gasteiger partial charge in [-0.1, -0.05) is 55.5 Å². The quantitative estimate of drug-likeness (QED) is 0.571. The minimum Gasteiger partial charge on any atom is -0.481 e. The number of carboxylic acids is 1. The van der Waals surface area contributed by atoms with Crippen molar-refractivity contribution in [3.8, 4) is 0 Å². The Hall–Kier alpha value is -1.57. The Bertz CT molecular complexity index is 309. The lowest BCUT2D eigenvalue weighted by Crippen LogP contribution is -1.91.